The van der Waals surface area contributed by atoms with Gasteiger partial charge in [0.05, 0.1) is 4.92 Å². The third kappa shape index (κ3) is 4.18. The van der Waals surface area contributed by atoms with Gasteiger partial charge in [-0.15, -0.1) is 0 Å². The van der Waals surface area contributed by atoms with E-state index in [2.05, 4.69) is 12.2 Å². The number of para-hydroxylation sites is 2. The molecule has 0 aliphatic heterocycles. The van der Waals surface area contributed by atoms with E-state index in [1.54, 1.807) is 12.1 Å². The van der Waals surface area contributed by atoms with E-state index >= 15 is 0 Å². The second-order valence-corrected chi connectivity index (χ2v) is 5.45. The summed E-state index contributed by atoms with van der Waals surface area (Å²) in [7, 11) is 0. The number of nitrogens with zero attached hydrogens (tertiary/aromatic N) is 1. The van der Waals surface area contributed by atoms with E-state index in [0.29, 0.717) is 5.92 Å². The molecule has 1 aliphatic rings. The molecule has 1 amide bonds. The minimum Gasteiger partial charge on any atom is -0.477 e. The number of carbonyl (C=O) groups is 1. The molecule has 0 unspecified atom stereocenters. The maximum Gasteiger partial charge on any atom is 0.310 e. The lowest BCUT2D eigenvalue weighted by molar-refractivity contribution is -0.385. The van der Waals surface area contributed by atoms with Gasteiger partial charge in [0.1, 0.15) is 0 Å². The third-order valence-corrected chi connectivity index (χ3v) is 3.88. The molecule has 6 nitrogen and oxygen atoms in total. The maximum absolute atomic E-state index is 11.9. The van der Waals surface area contributed by atoms with Crippen LogP contribution in [0.25, 0.3) is 0 Å². The number of amides is 1. The average molecular weight is 292 g/mol. The lowest BCUT2D eigenvalue weighted by atomic mass is 9.86. The largest absolute Gasteiger partial charge is 0.477 e. The number of ether oxygens (including phenoxy) is 1. The molecule has 0 aromatic heterocycles. The van der Waals surface area contributed by atoms with Crippen molar-refractivity contribution in [3.63, 3.8) is 0 Å². The normalized spacial score (nSPS) is 21.6. The van der Waals surface area contributed by atoms with Gasteiger partial charge in [-0.05, 0) is 24.8 Å². The highest BCUT2D eigenvalue weighted by molar-refractivity contribution is 5.78. The molecule has 0 heterocycles. The van der Waals surface area contributed by atoms with Crippen molar-refractivity contribution in [1.29, 1.82) is 0 Å². The van der Waals surface area contributed by atoms with Crippen LogP contribution in [0.4, 0.5) is 5.69 Å². The van der Waals surface area contributed by atoms with E-state index < -0.39 is 4.92 Å². The van der Waals surface area contributed by atoms with Crippen LogP contribution in [0, 0.1) is 16.0 Å². The summed E-state index contributed by atoms with van der Waals surface area (Å²) in [5.74, 6) is 0.356. The van der Waals surface area contributed by atoms with Crippen LogP contribution in [-0.4, -0.2) is 23.5 Å². The Balaban J connectivity index is 1.88. The van der Waals surface area contributed by atoms with Gasteiger partial charge in [0, 0.05) is 12.1 Å². The molecule has 6 heteroatoms. The molecular formula is C15H20N2O4. The van der Waals surface area contributed by atoms with Crippen molar-refractivity contribution in [2.45, 2.75) is 38.6 Å². The molecule has 0 spiro atoms. The summed E-state index contributed by atoms with van der Waals surface area (Å²) in [5.41, 5.74) is -0.128. The minimum atomic E-state index is -0.517. The lowest BCUT2D eigenvalue weighted by Crippen LogP contribution is -2.43. The quantitative estimate of drug-likeness (QED) is 0.668. The van der Waals surface area contributed by atoms with Crippen molar-refractivity contribution in [3.8, 4) is 5.75 Å². The first-order valence-electron chi connectivity index (χ1n) is 7.23. The number of carbonyl (C=O) groups excluding carboxylic acids is 1. The fourth-order valence-corrected chi connectivity index (χ4v) is 2.65. The Kier molecular flexibility index (Phi) is 5.14. The van der Waals surface area contributed by atoms with Crippen molar-refractivity contribution >= 4 is 11.6 Å². The van der Waals surface area contributed by atoms with Crippen LogP contribution in [0.15, 0.2) is 24.3 Å². The van der Waals surface area contributed by atoms with E-state index in [-0.39, 0.29) is 30.0 Å². The first kappa shape index (κ1) is 15.3. The molecule has 0 radical (unpaired) electrons. The fraction of sp³-hybridized carbons (Fsp3) is 0.533. The molecule has 2 atom stereocenters. The van der Waals surface area contributed by atoms with E-state index in [4.69, 9.17) is 4.74 Å². The summed E-state index contributed by atoms with van der Waals surface area (Å²) in [5, 5.41) is 13.8. The Bertz CT molecular complexity index is 518. The van der Waals surface area contributed by atoms with Gasteiger partial charge in [-0.3, -0.25) is 14.9 Å². The second kappa shape index (κ2) is 7.06. The van der Waals surface area contributed by atoms with Gasteiger partial charge in [-0.25, -0.2) is 0 Å². The average Bonchev–Trinajstić information content (AvgIpc) is 2.48. The Morgan fingerprint density at radius 3 is 2.81 bits per heavy atom. The van der Waals surface area contributed by atoms with Gasteiger partial charge in [0.25, 0.3) is 5.91 Å². The summed E-state index contributed by atoms with van der Waals surface area (Å²) in [4.78, 5) is 22.2. The molecule has 1 aromatic rings. The maximum atomic E-state index is 11.9. The molecule has 1 aliphatic carbocycles. The fourth-order valence-electron chi connectivity index (χ4n) is 2.65. The van der Waals surface area contributed by atoms with Crippen LogP contribution in [0.5, 0.6) is 5.75 Å². The summed E-state index contributed by atoms with van der Waals surface area (Å²) < 4.78 is 5.28. The first-order valence-corrected chi connectivity index (χ1v) is 7.23. The van der Waals surface area contributed by atoms with Gasteiger partial charge in [0.2, 0.25) is 0 Å². The highest BCUT2D eigenvalue weighted by atomic mass is 16.6. The van der Waals surface area contributed by atoms with Gasteiger partial charge in [-0.1, -0.05) is 31.9 Å². The number of rotatable bonds is 5. The number of hydrogen-bond acceptors (Lipinski definition) is 4. The smallest absolute Gasteiger partial charge is 0.310 e. The molecule has 1 aromatic carbocycles. The Labute approximate surface area is 123 Å². The zero-order valence-corrected chi connectivity index (χ0v) is 12.1. The van der Waals surface area contributed by atoms with Gasteiger partial charge < -0.3 is 10.1 Å². The SMILES string of the molecule is C[C@H]1CCCC[C@@H]1NC(=O)COc1ccccc1[N+](=O)[O-]. The van der Waals surface area contributed by atoms with Crippen LogP contribution in [0.2, 0.25) is 0 Å². The third-order valence-electron chi connectivity index (χ3n) is 3.88. The molecular weight excluding hydrogens is 272 g/mol. The van der Waals surface area contributed by atoms with Crippen molar-refractivity contribution in [1.82, 2.24) is 5.32 Å². The van der Waals surface area contributed by atoms with Crippen LogP contribution < -0.4 is 10.1 Å². The van der Waals surface area contributed by atoms with Gasteiger partial charge in [-0.2, -0.15) is 0 Å². The summed E-state index contributed by atoms with van der Waals surface area (Å²) in [6.45, 7) is 1.93. The number of hydrogen-bond donors (Lipinski definition) is 1. The van der Waals surface area contributed by atoms with Crippen molar-refractivity contribution in [2.75, 3.05) is 6.61 Å². The number of nitro groups is 1. The standard InChI is InChI=1S/C15H20N2O4/c1-11-6-2-3-7-12(11)16-15(18)10-21-14-9-5-4-8-13(14)17(19)20/h4-5,8-9,11-12H,2-3,6-7,10H2,1H3,(H,16,18)/t11-,12-/m0/s1. The van der Waals surface area contributed by atoms with Crippen molar-refractivity contribution in [3.05, 3.63) is 34.4 Å². The summed E-state index contributed by atoms with van der Waals surface area (Å²) in [6.07, 6.45) is 4.44. The van der Waals surface area contributed by atoms with Gasteiger partial charge in [0.15, 0.2) is 12.4 Å². The topological polar surface area (TPSA) is 81.5 Å². The molecule has 2 rings (SSSR count). The van der Waals surface area contributed by atoms with E-state index in [9.17, 15) is 14.9 Å². The number of nitrogens with one attached hydrogen (secondary N) is 1. The predicted molar refractivity (Wildman–Crippen MR) is 78.2 cm³/mol. The number of nitro benzene ring substituents is 1. The molecule has 1 fully saturated rings. The van der Waals surface area contributed by atoms with Crippen LogP contribution in [0.1, 0.15) is 32.6 Å². The molecule has 114 valence electrons. The molecule has 1 N–H and O–H groups in total. The van der Waals surface area contributed by atoms with Crippen LogP contribution >= 0.6 is 0 Å². The Hall–Kier alpha value is -2.11. The monoisotopic (exact) mass is 292 g/mol. The van der Waals surface area contributed by atoms with Crippen LogP contribution in [0.3, 0.4) is 0 Å². The van der Waals surface area contributed by atoms with Gasteiger partial charge >= 0.3 is 5.69 Å². The number of benzene rings is 1. The lowest BCUT2D eigenvalue weighted by Gasteiger charge is -2.29. The van der Waals surface area contributed by atoms with E-state index in [0.717, 1.165) is 19.3 Å². The first-order chi connectivity index (χ1) is 10.1. The van der Waals surface area contributed by atoms with Crippen molar-refractivity contribution in [2.24, 2.45) is 5.92 Å². The summed E-state index contributed by atoms with van der Waals surface area (Å²) >= 11 is 0. The Morgan fingerprint density at radius 1 is 1.38 bits per heavy atom. The predicted octanol–water partition coefficient (Wildman–Crippen LogP) is 2.67. The molecule has 21 heavy (non-hydrogen) atoms. The summed E-state index contributed by atoms with van der Waals surface area (Å²) in [6, 6.07) is 6.24. The Morgan fingerprint density at radius 2 is 2.10 bits per heavy atom. The van der Waals surface area contributed by atoms with Crippen LogP contribution in [-0.2, 0) is 4.79 Å². The van der Waals surface area contributed by atoms with E-state index in [1.165, 1.54) is 18.6 Å². The molecule has 0 saturated heterocycles. The highest BCUT2D eigenvalue weighted by Gasteiger charge is 2.23. The minimum absolute atomic E-state index is 0.120. The zero-order valence-electron chi connectivity index (χ0n) is 12.1. The zero-order chi connectivity index (χ0) is 15.2. The van der Waals surface area contributed by atoms with E-state index in [1.807, 2.05) is 0 Å². The molecule has 0 bridgehead atoms. The highest BCUT2D eigenvalue weighted by Crippen LogP contribution is 2.26. The molecule has 1 saturated carbocycles. The second-order valence-electron chi connectivity index (χ2n) is 5.45. The van der Waals surface area contributed by atoms with Crippen molar-refractivity contribution < 1.29 is 14.5 Å².